The van der Waals surface area contributed by atoms with Gasteiger partial charge in [0.25, 0.3) is 0 Å². The van der Waals surface area contributed by atoms with Gasteiger partial charge in [0, 0.05) is 0 Å². The summed E-state index contributed by atoms with van der Waals surface area (Å²) in [5, 5.41) is 2.19. The molecule has 86 valence electrons. The zero-order valence-electron chi connectivity index (χ0n) is 10.2. The molecule has 0 fully saturated rings. The number of allylic oxidation sites excluding steroid dienone is 4. The third-order valence-electron chi connectivity index (χ3n) is 3.45. The fourth-order valence-corrected chi connectivity index (χ4v) is 3.50. The topological polar surface area (TPSA) is 0 Å². The van der Waals surface area contributed by atoms with Crippen molar-refractivity contribution >= 4 is 8.07 Å². The fraction of sp³-hybridized carbons (Fsp3) is 0.636. The fourth-order valence-electron chi connectivity index (χ4n) is 1.39. The zero-order chi connectivity index (χ0) is 9.41. The van der Waals surface area contributed by atoms with Crippen LogP contribution >= 0.6 is 0 Å². The van der Waals surface area contributed by atoms with Gasteiger partial charge in [-0.05, 0) is 11.5 Å². The molecule has 0 atom stereocenters. The van der Waals surface area contributed by atoms with Crippen LogP contribution < -0.4 is 24.8 Å². The number of rotatable bonds is 1. The second-order valence-corrected chi connectivity index (χ2v) is 10.6. The first-order valence-corrected chi connectivity index (χ1v) is 7.72. The molecule has 1 rings (SSSR count). The third kappa shape index (κ3) is 4.79. The first kappa shape index (κ1) is 21.3. The summed E-state index contributed by atoms with van der Waals surface area (Å²) in [5.74, 6) is 0. The van der Waals surface area contributed by atoms with E-state index >= 15 is 0 Å². The largest absolute Gasteiger partial charge is 2.00 e. The molecule has 0 saturated carbocycles. The normalized spacial score (nSPS) is 14.6. The van der Waals surface area contributed by atoms with Crippen LogP contribution in [-0.4, -0.2) is 8.07 Å². The minimum atomic E-state index is -1.17. The van der Waals surface area contributed by atoms with E-state index in [1.165, 1.54) is 6.42 Å². The second kappa shape index (κ2) is 7.34. The van der Waals surface area contributed by atoms with Gasteiger partial charge in [-0.2, -0.15) is 0 Å². The monoisotopic (exact) mass is 298 g/mol. The molecule has 15 heavy (non-hydrogen) atoms. The van der Waals surface area contributed by atoms with Crippen molar-refractivity contribution in [2.75, 3.05) is 0 Å². The molecule has 0 aromatic carbocycles. The van der Waals surface area contributed by atoms with Crippen molar-refractivity contribution in [2.45, 2.75) is 45.3 Å². The van der Waals surface area contributed by atoms with Gasteiger partial charge in [-0.1, -0.05) is 57.3 Å². The van der Waals surface area contributed by atoms with Crippen LogP contribution in [0.5, 0.6) is 0 Å². The molecule has 0 heterocycles. The average molecular weight is 299 g/mol. The van der Waals surface area contributed by atoms with E-state index in [1.807, 2.05) is 0 Å². The van der Waals surface area contributed by atoms with Gasteiger partial charge in [-0.15, -0.1) is 0 Å². The molecule has 0 bridgehead atoms. The number of halogens is 2. The van der Waals surface area contributed by atoms with Crippen LogP contribution in [0.25, 0.3) is 0 Å². The van der Waals surface area contributed by atoms with Crippen molar-refractivity contribution in [1.82, 2.24) is 0 Å². The van der Waals surface area contributed by atoms with Crippen molar-refractivity contribution in [3.05, 3.63) is 23.4 Å². The van der Waals surface area contributed by atoms with Crippen LogP contribution in [0.2, 0.25) is 18.1 Å². The number of hydrogen-bond donors (Lipinski definition) is 0. The van der Waals surface area contributed by atoms with Crippen LogP contribution in [0.15, 0.2) is 23.4 Å². The van der Waals surface area contributed by atoms with Crippen molar-refractivity contribution in [2.24, 2.45) is 0 Å². The first-order chi connectivity index (χ1) is 5.36. The van der Waals surface area contributed by atoms with Crippen molar-refractivity contribution in [1.29, 1.82) is 0 Å². The summed E-state index contributed by atoms with van der Waals surface area (Å²) >= 11 is 0. The van der Waals surface area contributed by atoms with Gasteiger partial charge in [0.1, 0.15) is 0 Å². The predicted octanol–water partition coefficient (Wildman–Crippen LogP) is -2.07. The molecule has 4 heteroatoms. The van der Waals surface area contributed by atoms with Crippen LogP contribution in [0, 0.1) is 0 Å². The molecular formula is C11H20Cl2SiTi. The molecule has 0 aromatic rings. The van der Waals surface area contributed by atoms with Gasteiger partial charge in [0.15, 0.2) is 0 Å². The van der Waals surface area contributed by atoms with Crippen molar-refractivity contribution in [3.63, 3.8) is 0 Å². The minimum absolute atomic E-state index is 0. The third-order valence-corrected chi connectivity index (χ3v) is 9.18. The van der Waals surface area contributed by atoms with Gasteiger partial charge < -0.3 is 24.8 Å². The van der Waals surface area contributed by atoms with E-state index in [0.717, 1.165) is 0 Å². The Morgan fingerprint density at radius 1 is 1.13 bits per heavy atom. The van der Waals surface area contributed by atoms with Gasteiger partial charge in [-0.25, -0.2) is 0 Å². The van der Waals surface area contributed by atoms with Crippen LogP contribution in [0.4, 0.5) is 0 Å². The Balaban J connectivity index is -0.000000480. The first-order valence-electron chi connectivity index (χ1n) is 4.72. The minimum Gasteiger partial charge on any atom is -1.00 e. The molecule has 0 unspecified atom stereocenters. The van der Waals surface area contributed by atoms with Crippen molar-refractivity contribution in [3.8, 4) is 0 Å². The summed E-state index contributed by atoms with van der Waals surface area (Å²) in [6.07, 6.45) is 8.01. The van der Waals surface area contributed by atoms with E-state index in [2.05, 4.69) is 52.1 Å². The van der Waals surface area contributed by atoms with Crippen LogP contribution in [0.1, 0.15) is 27.2 Å². The maximum Gasteiger partial charge on any atom is 2.00 e. The van der Waals surface area contributed by atoms with Crippen LogP contribution in [-0.2, 0) is 21.7 Å². The SMILES string of the molecule is CC(C)(C)[Si](C)(C)C1=CC=CC1.[Cl-].[Cl-].[Ti+2]. The predicted molar refractivity (Wildman–Crippen MR) is 59.0 cm³/mol. The Morgan fingerprint density at radius 2 is 1.60 bits per heavy atom. The van der Waals surface area contributed by atoms with Gasteiger partial charge in [-0.3, -0.25) is 0 Å². The van der Waals surface area contributed by atoms with E-state index in [4.69, 9.17) is 0 Å². The molecule has 0 aromatic heterocycles. The second-order valence-electron chi connectivity index (χ2n) is 5.20. The Hall–Kier alpha value is 0.991. The molecule has 0 spiro atoms. The zero-order valence-corrected chi connectivity index (χ0v) is 14.3. The summed E-state index contributed by atoms with van der Waals surface area (Å²) in [6.45, 7) is 12.1. The Labute approximate surface area is 123 Å². The molecule has 0 N–H and O–H groups in total. The summed E-state index contributed by atoms with van der Waals surface area (Å²) in [7, 11) is -1.17. The number of hydrogen-bond acceptors (Lipinski definition) is 0. The maximum atomic E-state index is 2.48. The summed E-state index contributed by atoms with van der Waals surface area (Å²) in [4.78, 5) is 0. The van der Waals surface area contributed by atoms with E-state index < -0.39 is 8.07 Å². The van der Waals surface area contributed by atoms with E-state index in [0.29, 0.717) is 5.04 Å². The van der Waals surface area contributed by atoms with Gasteiger partial charge >= 0.3 is 21.7 Å². The summed E-state index contributed by atoms with van der Waals surface area (Å²) in [6, 6.07) is 0. The Bertz CT molecular complexity index is 239. The molecular weight excluding hydrogens is 279 g/mol. The smallest absolute Gasteiger partial charge is 1.00 e. The summed E-state index contributed by atoms with van der Waals surface area (Å²) < 4.78 is 0. The molecule has 1 aliphatic rings. The quantitative estimate of drug-likeness (QED) is 0.488. The molecule has 0 radical (unpaired) electrons. The molecule has 0 saturated heterocycles. The maximum absolute atomic E-state index is 2.48. The van der Waals surface area contributed by atoms with E-state index in [-0.39, 0.29) is 46.5 Å². The molecule has 0 aliphatic heterocycles. The van der Waals surface area contributed by atoms with Crippen LogP contribution in [0.3, 0.4) is 0 Å². The standard InChI is InChI=1S/C11H20Si.2ClH.Ti/c1-11(2,3)12(4,5)10-8-6-7-9-10;;;/h6-8H,9H2,1-5H3;2*1H;/q;;;+2/p-2. The Kier molecular flexibility index (Phi) is 10.4. The van der Waals surface area contributed by atoms with Gasteiger partial charge in [0.2, 0.25) is 0 Å². The Morgan fingerprint density at radius 3 is 1.87 bits per heavy atom. The van der Waals surface area contributed by atoms with Crippen molar-refractivity contribution < 1.29 is 46.5 Å². The van der Waals surface area contributed by atoms with Gasteiger partial charge in [0.05, 0.1) is 8.07 Å². The summed E-state index contributed by atoms with van der Waals surface area (Å²) in [5.41, 5.74) is 0. The van der Waals surface area contributed by atoms with E-state index in [9.17, 15) is 0 Å². The molecule has 1 aliphatic carbocycles. The van der Waals surface area contributed by atoms with E-state index in [1.54, 1.807) is 5.20 Å². The average Bonchev–Trinajstić information content (AvgIpc) is 2.34. The molecule has 0 amide bonds. The molecule has 0 nitrogen and oxygen atoms in total.